The molecule has 1 fully saturated rings. The van der Waals surface area contributed by atoms with Gasteiger partial charge in [0.1, 0.15) is 0 Å². The molecule has 0 aromatic carbocycles. The topological polar surface area (TPSA) is 26.3 Å². The number of fused-ring (bicyclic) bond motifs is 2. The predicted molar refractivity (Wildman–Crippen MR) is 59.2 cm³/mol. The van der Waals surface area contributed by atoms with E-state index >= 15 is 0 Å². The number of hydrogen-bond acceptors (Lipinski definition) is 2. The molecule has 2 aliphatic carbocycles. The average molecular weight is 206 g/mol. The molecule has 2 heteroatoms. The van der Waals surface area contributed by atoms with Crippen molar-refractivity contribution in [3.05, 3.63) is 24.8 Å². The summed E-state index contributed by atoms with van der Waals surface area (Å²) in [5, 5.41) is 0. The zero-order chi connectivity index (χ0) is 10.7. The summed E-state index contributed by atoms with van der Waals surface area (Å²) in [5.41, 5.74) is 0. The van der Waals surface area contributed by atoms with Crippen LogP contribution in [0.5, 0.6) is 0 Å². The number of allylic oxidation sites excluding steroid dienone is 3. The van der Waals surface area contributed by atoms with E-state index in [1.54, 1.807) is 0 Å². The second kappa shape index (κ2) is 4.65. The van der Waals surface area contributed by atoms with Gasteiger partial charge in [0.2, 0.25) is 0 Å². The molecule has 0 aliphatic heterocycles. The lowest BCUT2D eigenvalue weighted by atomic mass is 9.94. The summed E-state index contributed by atoms with van der Waals surface area (Å²) in [6.45, 7) is 4.18. The highest BCUT2D eigenvalue weighted by atomic mass is 16.5. The third-order valence-electron chi connectivity index (χ3n) is 3.38. The van der Waals surface area contributed by atoms with E-state index in [1.807, 2.05) is 6.08 Å². The molecule has 0 aromatic rings. The Labute approximate surface area is 91.0 Å². The van der Waals surface area contributed by atoms with Gasteiger partial charge in [-0.1, -0.05) is 18.2 Å². The van der Waals surface area contributed by atoms with Crippen molar-refractivity contribution in [2.24, 2.45) is 17.8 Å². The molecule has 2 bridgehead atoms. The normalized spacial score (nSPS) is 31.9. The lowest BCUT2D eigenvalue weighted by molar-refractivity contribution is -0.149. The fraction of sp³-hybridized carbons (Fsp3) is 0.615. The quantitative estimate of drug-likeness (QED) is 0.393. The van der Waals surface area contributed by atoms with E-state index in [-0.39, 0.29) is 11.9 Å². The highest BCUT2D eigenvalue weighted by Gasteiger charge is 2.40. The van der Waals surface area contributed by atoms with Gasteiger partial charge in [0, 0.05) is 0 Å². The van der Waals surface area contributed by atoms with Gasteiger partial charge in [-0.3, -0.25) is 4.79 Å². The Kier molecular flexibility index (Phi) is 3.24. The molecular weight excluding hydrogens is 188 g/mol. The summed E-state index contributed by atoms with van der Waals surface area (Å²) >= 11 is 0. The van der Waals surface area contributed by atoms with Crippen LogP contribution in [0, 0.1) is 17.8 Å². The van der Waals surface area contributed by atoms with Crippen LogP contribution in [0.4, 0.5) is 0 Å². The van der Waals surface area contributed by atoms with Crippen molar-refractivity contribution < 1.29 is 9.53 Å². The molecule has 2 nitrogen and oxygen atoms in total. The minimum absolute atomic E-state index is 0.0101. The molecule has 0 N–H and O–H groups in total. The van der Waals surface area contributed by atoms with Gasteiger partial charge < -0.3 is 4.74 Å². The predicted octanol–water partition coefficient (Wildman–Crippen LogP) is 2.71. The van der Waals surface area contributed by atoms with Gasteiger partial charge in [0.25, 0.3) is 0 Å². The van der Waals surface area contributed by atoms with Crippen LogP contribution < -0.4 is 0 Å². The zero-order valence-corrected chi connectivity index (χ0v) is 9.02. The molecule has 2 rings (SSSR count). The van der Waals surface area contributed by atoms with Gasteiger partial charge in [0.05, 0.1) is 12.5 Å². The molecule has 0 radical (unpaired) electrons. The number of carbonyl (C=O) groups excluding carboxylic acids is 1. The Morgan fingerprint density at radius 2 is 2.33 bits per heavy atom. The molecule has 0 spiro atoms. The van der Waals surface area contributed by atoms with Crippen LogP contribution in [0.1, 0.15) is 25.7 Å². The number of ether oxygens (including phenoxy) is 1. The summed E-state index contributed by atoms with van der Waals surface area (Å²) in [6, 6.07) is 0. The fourth-order valence-electron chi connectivity index (χ4n) is 2.56. The first-order chi connectivity index (χ1) is 7.31. The number of esters is 1. The SMILES string of the molecule is C=CCCCOC(=O)C1CC2C=CC1C2. The van der Waals surface area contributed by atoms with Crippen molar-refractivity contribution in [1.29, 1.82) is 0 Å². The second-order valence-corrected chi connectivity index (χ2v) is 4.49. The van der Waals surface area contributed by atoms with Gasteiger partial charge in [-0.15, -0.1) is 6.58 Å². The van der Waals surface area contributed by atoms with E-state index in [9.17, 15) is 4.79 Å². The first-order valence-corrected chi connectivity index (χ1v) is 5.77. The standard InChI is InChI=1S/C13H18O2/c1-2-3-4-7-15-13(14)12-9-10-5-6-11(12)8-10/h2,5-6,10-12H,1,3-4,7-9H2. The smallest absolute Gasteiger partial charge is 0.309 e. The Bertz CT molecular complexity index is 280. The molecule has 3 unspecified atom stereocenters. The van der Waals surface area contributed by atoms with Crippen LogP contribution in [0.2, 0.25) is 0 Å². The molecule has 0 amide bonds. The maximum atomic E-state index is 11.7. The lowest BCUT2D eigenvalue weighted by Gasteiger charge is -2.16. The van der Waals surface area contributed by atoms with E-state index in [0.717, 1.165) is 25.7 Å². The summed E-state index contributed by atoms with van der Waals surface area (Å²) in [4.78, 5) is 11.7. The third kappa shape index (κ3) is 2.31. The van der Waals surface area contributed by atoms with E-state index < -0.39 is 0 Å². The van der Waals surface area contributed by atoms with Crippen molar-refractivity contribution in [2.75, 3.05) is 6.61 Å². The van der Waals surface area contributed by atoms with Crippen molar-refractivity contribution in [3.63, 3.8) is 0 Å². The Balaban J connectivity index is 1.72. The van der Waals surface area contributed by atoms with Crippen LogP contribution in [-0.4, -0.2) is 12.6 Å². The van der Waals surface area contributed by atoms with Gasteiger partial charge in [-0.25, -0.2) is 0 Å². The van der Waals surface area contributed by atoms with E-state index in [0.29, 0.717) is 18.4 Å². The van der Waals surface area contributed by atoms with Crippen LogP contribution in [0.3, 0.4) is 0 Å². The van der Waals surface area contributed by atoms with Gasteiger partial charge in [-0.05, 0) is 37.5 Å². The van der Waals surface area contributed by atoms with Gasteiger partial charge in [0.15, 0.2) is 0 Å². The van der Waals surface area contributed by atoms with Crippen molar-refractivity contribution >= 4 is 5.97 Å². The number of hydrogen-bond donors (Lipinski definition) is 0. The third-order valence-corrected chi connectivity index (χ3v) is 3.38. The molecule has 1 saturated carbocycles. The molecule has 0 heterocycles. The van der Waals surface area contributed by atoms with Crippen LogP contribution in [0.15, 0.2) is 24.8 Å². The summed E-state index contributed by atoms with van der Waals surface area (Å²) in [6.07, 6.45) is 10.3. The van der Waals surface area contributed by atoms with Crippen LogP contribution in [-0.2, 0) is 9.53 Å². The highest BCUT2D eigenvalue weighted by Crippen LogP contribution is 2.43. The van der Waals surface area contributed by atoms with Gasteiger partial charge >= 0.3 is 5.97 Å². The second-order valence-electron chi connectivity index (χ2n) is 4.49. The van der Waals surface area contributed by atoms with Crippen LogP contribution >= 0.6 is 0 Å². The number of carbonyl (C=O) groups is 1. The number of rotatable bonds is 5. The lowest BCUT2D eigenvalue weighted by Crippen LogP contribution is -2.21. The Hall–Kier alpha value is -1.05. The maximum absolute atomic E-state index is 11.7. The van der Waals surface area contributed by atoms with E-state index in [1.165, 1.54) is 0 Å². The maximum Gasteiger partial charge on any atom is 0.309 e. The molecule has 3 atom stereocenters. The average Bonchev–Trinajstić information content (AvgIpc) is 2.85. The molecule has 15 heavy (non-hydrogen) atoms. The molecule has 82 valence electrons. The van der Waals surface area contributed by atoms with Gasteiger partial charge in [-0.2, -0.15) is 0 Å². The van der Waals surface area contributed by atoms with Crippen molar-refractivity contribution in [2.45, 2.75) is 25.7 Å². The monoisotopic (exact) mass is 206 g/mol. The summed E-state index contributed by atoms with van der Waals surface area (Å²) in [7, 11) is 0. The summed E-state index contributed by atoms with van der Waals surface area (Å²) in [5.74, 6) is 1.25. The van der Waals surface area contributed by atoms with E-state index in [2.05, 4.69) is 18.7 Å². The summed E-state index contributed by atoms with van der Waals surface area (Å²) < 4.78 is 5.26. The van der Waals surface area contributed by atoms with E-state index in [4.69, 9.17) is 4.74 Å². The minimum atomic E-state index is 0.0101. The Morgan fingerprint density at radius 3 is 2.93 bits per heavy atom. The largest absolute Gasteiger partial charge is 0.465 e. The minimum Gasteiger partial charge on any atom is -0.465 e. The molecule has 2 aliphatic rings. The molecular formula is C13H18O2. The molecule has 0 aromatic heterocycles. The molecule has 0 saturated heterocycles. The Morgan fingerprint density at radius 1 is 1.47 bits per heavy atom. The van der Waals surface area contributed by atoms with Crippen LogP contribution in [0.25, 0.3) is 0 Å². The first-order valence-electron chi connectivity index (χ1n) is 5.77. The first kappa shape index (κ1) is 10.5. The highest BCUT2D eigenvalue weighted by molar-refractivity contribution is 5.74. The van der Waals surface area contributed by atoms with Crippen molar-refractivity contribution in [3.8, 4) is 0 Å². The zero-order valence-electron chi connectivity index (χ0n) is 9.02. The van der Waals surface area contributed by atoms with Crippen molar-refractivity contribution in [1.82, 2.24) is 0 Å². The number of unbranched alkanes of at least 4 members (excludes halogenated alkanes) is 1. The fourth-order valence-corrected chi connectivity index (χ4v) is 2.56.